The van der Waals surface area contributed by atoms with Crippen molar-refractivity contribution in [1.82, 2.24) is 5.32 Å². The van der Waals surface area contributed by atoms with E-state index in [1.807, 2.05) is 0 Å². The number of amides is 1. The molecule has 1 amide bonds. The Bertz CT molecular complexity index is 1250. The molecule has 1 rings (SSSR count). The number of aliphatic hydroxyl groups excluding tert-OH is 5. The van der Waals surface area contributed by atoms with E-state index in [1.165, 1.54) is 128 Å². The number of aliphatic hydroxyl groups is 5. The number of ether oxygens (including phenoxy) is 2. The summed E-state index contributed by atoms with van der Waals surface area (Å²) in [4.78, 5) is 13.1. The molecule has 1 aliphatic rings. The lowest BCUT2D eigenvalue weighted by atomic mass is 9.99. The molecule has 0 aromatic carbocycles. The van der Waals surface area contributed by atoms with Crippen molar-refractivity contribution in [3.8, 4) is 0 Å². The molecule has 1 saturated heterocycles. The van der Waals surface area contributed by atoms with Crippen LogP contribution in [0.4, 0.5) is 0 Å². The third-order valence-electron chi connectivity index (χ3n) is 11.3. The highest BCUT2D eigenvalue weighted by Gasteiger charge is 2.48. The van der Waals surface area contributed by atoms with Gasteiger partial charge in [0, 0.05) is 0 Å². The lowest BCUT2D eigenvalue weighted by molar-refractivity contribution is -0.298. The van der Waals surface area contributed by atoms with Gasteiger partial charge in [0.1, 0.15) is 30.5 Å². The molecular formula is C47H87NO12S. The maximum absolute atomic E-state index is 13.1. The summed E-state index contributed by atoms with van der Waals surface area (Å²) in [6.45, 7) is 3.18. The van der Waals surface area contributed by atoms with E-state index in [9.17, 15) is 43.3 Å². The van der Waals surface area contributed by atoms with Gasteiger partial charge < -0.3 is 40.3 Å². The zero-order chi connectivity index (χ0) is 45.0. The summed E-state index contributed by atoms with van der Waals surface area (Å²) in [5, 5.41) is 55.1. The van der Waals surface area contributed by atoms with Gasteiger partial charge in [-0.15, -0.1) is 0 Å². The predicted molar refractivity (Wildman–Crippen MR) is 242 cm³/mol. The first-order chi connectivity index (χ1) is 29.4. The molecule has 14 heteroatoms. The van der Waals surface area contributed by atoms with E-state index < -0.39 is 78.5 Å². The minimum Gasteiger partial charge on any atom is -0.394 e. The van der Waals surface area contributed by atoms with Crippen LogP contribution in [0, 0.1) is 0 Å². The molecule has 0 aromatic heterocycles. The summed E-state index contributed by atoms with van der Waals surface area (Å²) in [5.74, 6) is -0.729. The number of nitrogens with one attached hydrogen (secondary N) is 1. The molecule has 7 N–H and O–H groups in total. The molecule has 61 heavy (non-hydrogen) atoms. The van der Waals surface area contributed by atoms with Gasteiger partial charge in [0.05, 0.1) is 25.4 Å². The Kier molecular flexibility index (Phi) is 35.4. The lowest BCUT2D eigenvalue weighted by Crippen LogP contribution is -2.61. The van der Waals surface area contributed by atoms with Crippen LogP contribution in [0.15, 0.2) is 36.5 Å². The molecule has 13 nitrogen and oxygen atoms in total. The molecule has 0 aromatic rings. The molecule has 8 unspecified atom stereocenters. The number of hydrogen-bond donors (Lipinski definition) is 7. The summed E-state index contributed by atoms with van der Waals surface area (Å²) in [6.07, 6.45) is 32.4. The van der Waals surface area contributed by atoms with Gasteiger partial charge in [-0.25, -0.2) is 4.18 Å². The van der Waals surface area contributed by atoms with Gasteiger partial charge in [0.15, 0.2) is 6.29 Å². The van der Waals surface area contributed by atoms with Gasteiger partial charge in [0.2, 0.25) is 5.91 Å². The molecule has 1 fully saturated rings. The second-order valence-corrected chi connectivity index (χ2v) is 17.9. The van der Waals surface area contributed by atoms with Crippen LogP contribution in [0.1, 0.15) is 194 Å². The van der Waals surface area contributed by atoms with Crippen molar-refractivity contribution < 1.29 is 57.0 Å². The summed E-state index contributed by atoms with van der Waals surface area (Å²) in [6, 6.07) is -1.14. The molecule has 0 aliphatic carbocycles. The molecular weight excluding hydrogens is 803 g/mol. The van der Waals surface area contributed by atoms with Crippen molar-refractivity contribution in [2.75, 3.05) is 13.2 Å². The number of unbranched alkanes of at least 4 members (excludes halogenated alkanes) is 23. The number of allylic oxidation sites excluding steroid dienone is 5. The normalized spacial score (nSPS) is 21.5. The van der Waals surface area contributed by atoms with E-state index in [0.29, 0.717) is 12.8 Å². The maximum Gasteiger partial charge on any atom is 0.397 e. The summed E-state index contributed by atoms with van der Waals surface area (Å²) >= 11 is 0. The second kappa shape index (κ2) is 37.6. The quantitative estimate of drug-likeness (QED) is 0.0175. The first-order valence-electron chi connectivity index (χ1n) is 24.0. The van der Waals surface area contributed by atoms with Crippen molar-refractivity contribution >= 4 is 16.3 Å². The minimum atomic E-state index is -5.12. The first kappa shape index (κ1) is 57.3. The molecule has 8 atom stereocenters. The molecule has 358 valence electrons. The minimum absolute atomic E-state index is 0.206. The highest BCUT2D eigenvalue weighted by molar-refractivity contribution is 7.80. The van der Waals surface area contributed by atoms with Gasteiger partial charge in [-0.1, -0.05) is 172 Å². The summed E-state index contributed by atoms with van der Waals surface area (Å²) in [7, 11) is -5.12. The van der Waals surface area contributed by atoms with Crippen molar-refractivity contribution in [3.63, 3.8) is 0 Å². The van der Waals surface area contributed by atoms with Gasteiger partial charge in [-0.2, -0.15) is 8.42 Å². The smallest absolute Gasteiger partial charge is 0.394 e. The molecule has 0 radical (unpaired) electrons. The van der Waals surface area contributed by atoms with Crippen LogP contribution in [-0.2, 0) is 28.9 Å². The monoisotopic (exact) mass is 890 g/mol. The van der Waals surface area contributed by atoms with E-state index in [1.54, 1.807) is 6.08 Å². The van der Waals surface area contributed by atoms with Crippen molar-refractivity contribution in [2.24, 2.45) is 0 Å². The fourth-order valence-electron chi connectivity index (χ4n) is 7.41. The van der Waals surface area contributed by atoms with Crippen LogP contribution >= 0.6 is 0 Å². The number of hydrogen-bond acceptors (Lipinski definition) is 11. The molecule has 0 saturated carbocycles. The molecule has 1 heterocycles. The number of rotatable bonds is 40. The Morgan fingerprint density at radius 2 is 1.10 bits per heavy atom. The molecule has 0 bridgehead atoms. The van der Waals surface area contributed by atoms with Crippen molar-refractivity contribution in [2.45, 2.75) is 243 Å². The van der Waals surface area contributed by atoms with Crippen LogP contribution in [0.5, 0.6) is 0 Å². The van der Waals surface area contributed by atoms with E-state index in [2.05, 4.69) is 47.7 Å². The second-order valence-electron chi connectivity index (χ2n) is 16.8. The van der Waals surface area contributed by atoms with Crippen LogP contribution in [-0.4, -0.2) is 107 Å². The third kappa shape index (κ3) is 30.1. The van der Waals surface area contributed by atoms with Crippen LogP contribution in [0.25, 0.3) is 0 Å². The number of carbonyl (C=O) groups is 1. The molecule has 1 aliphatic heterocycles. The van der Waals surface area contributed by atoms with Crippen LogP contribution < -0.4 is 5.32 Å². The first-order valence-corrected chi connectivity index (χ1v) is 25.3. The Balaban J connectivity index is 2.59. The standard InChI is InChI=1S/C47H87NO12S/c1-3-5-7-9-11-13-15-17-18-19-20-21-22-23-24-26-27-29-31-33-35-40(50)39(38-58-47-44(53)45(60-61(55,56)57)43(52)42(37-49)59-47)48-46(54)41(51)36-34-32-30-28-25-16-14-12-10-8-6-4-2/h25-28,33,35,39-45,47,49-53H,3-24,29-32,34,36-38H2,1-2H3,(H,48,54)(H,55,56,57)/b27-26+,28-25-,35-33+. The fraction of sp³-hybridized carbons (Fsp3) is 0.851. The van der Waals surface area contributed by atoms with Gasteiger partial charge >= 0.3 is 10.4 Å². The Morgan fingerprint density at radius 1 is 0.656 bits per heavy atom. The average molecular weight is 890 g/mol. The largest absolute Gasteiger partial charge is 0.397 e. The van der Waals surface area contributed by atoms with Crippen molar-refractivity contribution in [1.29, 1.82) is 0 Å². The topological polar surface area (TPSA) is 212 Å². The van der Waals surface area contributed by atoms with E-state index in [4.69, 9.17) is 9.47 Å². The summed E-state index contributed by atoms with van der Waals surface area (Å²) in [5.41, 5.74) is 0. The average Bonchev–Trinajstić information content (AvgIpc) is 3.23. The Labute approximate surface area is 369 Å². The fourth-order valence-corrected chi connectivity index (χ4v) is 7.92. The van der Waals surface area contributed by atoms with E-state index >= 15 is 0 Å². The van der Waals surface area contributed by atoms with Gasteiger partial charge in [0.25, 0.3) is 0 Å². The van der Waals surface area contributed by atoms with E-state index in [0.717, 1.165) is 38.5 Å². The molecule has 0 spiro atoms. The Morgan fingerprint density at radius 3 is 1.57 bits per heavy atom. The highest BCUT2D eigenvalue weighted by atomic mass is 32.3. The zero-order valence-electron chi connectivity index (χ0n) is 37.8. The zero-order valence-corrected chi connectivity index (χ0v) is 38.7. The predicted octanol–water partition coefficient (Wildman–Crippen LogP) is 8.47. The van der Waals surface area contributed by atoms with E-state index in [-0.39, 0.29) is 6.42 Å². The Hall–Kier alpha value is -1.72. The van der Waals surface area contributed by atoms with Crippen molar-refractivity contribution in [3.05, 3.63) is 36.5 Å². The SMILES string of the molecule is CCCCCCCC/C=C\CCCCC(O)C(=O)NC(COC1OC(CO)C(O)C(OS(=O)(=O)O)C1O)C(O)/C=C/CC/C=C/CCCCCCCCCCCCCCCC. The summed E-state index contributed by atoms with van der Waals surface area (Å²) < 4.78 is 47.5. The highest BCUT2D eigenvalue weighted by Crippen LogP contribution is 2.26. The van der Waals surface area contributed by atoms with Gasteiger partial charge in [-0.3, -0.25) is 9.35 Å². The van der Waals surface area contributed by atoms with Crippen LogP contribution in [0.2, 0.25) is 0 Å². The third-order valence-corrected chi connectivity index (χ3v) is 11.7. The number of carbonyl (C=O) groups excluding carboxylic acids is 1. The van der Waals surface area contributed by atoms with Crippen LogP contribution in [0.3, 0.4) is 0 Å². The van der Waals surface area contributed by atoms with Gasteiger partial charge in [-0.05, 0) is 57.8 Å². The lowest BCUT2D eigenvalue weighted by Gasteiger charge is -2.41. The maximum atomic E-state index is 13.1.